The highest BCUT2D eigenvalue weighted by atomic mass is 35.5. The third-order valence-corrected chi connectivity index (χ3v) is 5.53. The third-order valence-electron chi connectivity index (χ3n) is 3.90. The molecule has 2 aromatic carbocycles. The number of hydrogen-bond donors (Lipinski definition) is 1. The second-order valence-electron chi connectivity index (χ2n) is 5.85. The molecule has 1 amide bonds. The fourth-order valence-electron chi connectivity index (χ4n) is 2.26. The van der Waals surface area contributed by atoms with Crippen molar-refractivity contribution >= 4 is 29.3 Å². The molecule has 0 spiro atoms. The highest BCUT2D eigenvalue weighted by Gasteiger charge is 2.17. The van der Waals surface area contributed by atoms with E-state index in [1.165, 1.54) is 11.1 Å². The number of nitrogens with one attached hydrogen (secondary N) is 1. The Morgan fingerprint density at radius 1 is 1.16 bits per heavy atom. The summed E-state index contributed by atoms with van der Waals surface area (Å²) in [6.45, 7) is 7.09. The molecule has 0 heterocycles. The van der Waals surface area contributed by atoms with Crippen LogP contribution in [0.1, 0.15) is 24.5 Å². The fourth-order valence-corrected chi connectivity index (χ4v) is 3.37. The van der Waals surface area contributed by atoms with E-state index in [1.807, 2.05) is 49.4 Å². The summed E-state index contributed by atoms with van der Waals surface area (Å²) in [5.74, 6) is 0.867. The van der Waals surface area contributed by atoms with E-state index in [1.54, 1.807) is 11.8 Å². The number of hydrogen-bond acceptors (Lipinski definition) is 3. The van der Waals surface area contributed by atoms with Crippen molar-refractivity contribution < 1.29 is 9.53 Å². The van der Waals surface area contributed by atoms with Crippen LogP contribution in [0.2, 0.25) is 5.02 Å². The van der Waals surface area contributed by atoms with Gasteiger partial charge in [0.15, 0.2) is 0 Å². The van der Waals surface area contributed by atoms with Crippen LogP contribution >= 0.6 is 23.4 Å². The summed E-state index contributed by atoms with van der Waals surface area (Å²) in [4.78, 5) is 13.4. The fraction of sp³-hybridized carbons (Fsp3) is 0.350. The average Bonchev–Trinajstić information content (AvgIpc) is 2.61. The number of thioether (sulfide) groups is 1. The molecule has 0 aliphatic heterocycles. The lowest BCUT2D eigenvalue weighted by molar-refractivity contribution is -0.120. The molecular formula is C20H24ClNO2S. The molecule has 25 heavy (non-hydrogen) atoms. The second kappa shape index (κ2) is 9.73. The third kappa shape index (κ3) is 6.29. The number of benzene rings is 2. The molecule has 2 rings (SSSR count). The van der Waals surface area contributed by atoms with E-state index >= 15 is 0 Å². The SMILES string of the molecule is CCC(Sc1ccc(Cl)cc1)C(=O)NCCOc1ccc(C)c(C)c1. The summed E-state index contributed by atoms with van der Waals surface area (Å²) >= 11 is 7.45. The molecule has 0 saturated carbocycles. The van der Waals surface area contributed by atoms with Crippen molar-refractivity contribution in [2.24, 2.45) is 0 Å². The Hall–Kier alpha value is -1.65. The Labute approximate surface area is 159 Å². The van der Waals surface area contributed by atoms with Gasteiger partial charge in [-0.15, -0.1) is 11.8 Å². The number of aryl methyl sites for hydroxylation is 2. The van der Waals surface area contributed by atoms with Gasteiger partial charge in [0.2, 0.25) is 5.91 Å². The Morgan fingerprint density at radius 2 is 1.88 bits per heavy atom. The van der Waals surface area contributed by atoms with Crippen LogP contribution in [0.15, 0.2) is 47.4 Å². The van der Waals surface area contributed by atoms with Gasteiger partial charge in [0.25, 0.3) is 0 Å². The lowest BCUT2D eigenvalue weighted by Crippen LogP contribution is -2.35. The van der Waals surface area contributed by atoms with Crippen molar-refractivity contribution in [1.29, 1.82) is 0 Å². The normalized spacial score (nSPS) is 11.8. The number of ether oxygens (including phenoxy) is 1. The van der Waals surface area contributed by atoms with Gasteiger partial charge < -0.3 is 10.1 Å². The van der Waals surface area contributed by atoms with Gasteiger partial charge in [-0.3, -0.25) is 4.79 Å². The van der Waals surface area contributed by atoms with Gasteiger partial charge in [0, 0.05) is 9.92 Å². The monoisotopic (exact) mass is 377 g/mol. The van der Waals surface area contributed by atoms with Gasteiger partial charge >= 0.3 is 0 Å². The highest BCUT2D eigenvalue weighted by Crippen LogP contribution is 2.26. The van der Waals surface area contributed by atoms with E-state index < -0.39 is 0 Å². The largest absolute Gasteiger partial charge is 0.492 e. The van der Waals surface area contributed by atoms with Crippen LogP contribution in [0.4, 0.5) is 0 Å². The van der Waals surface area contributed by atoms with Gasteiger partial charge in [-0.1, -0.05) is 24.6 Å². The standard InChI is InChI=1S/C20H24ClNO2S/c1-4-19(25-18-9-6-16(21)7-10-18)20(23)22-11-12-24-17-8-5-14(2)15(3)13-17/h5-10,13,19H,4,11-12H2,1-3H3,(H,22,23). The molecule has 1 N–H and O–H groups in total. The van der Waals surface area contributed by atoms with Gasteiger partial charge in [0.05, 0.1) is 11.8 Å². The number of amides is 1. The Morgan fingerprint density at radius 3 is 2.52 bits per heavy atom. The van der Waals surface area contributed by atoms with Crippen molar-refractivity contribution in [2.75, 3.05) is 13.2 Å². The molecule has 0 fully saturated rings. The summed E-state index contributed by atoms with van der Waals surface area (Å²) in [6.07, 6.45) is 0.761. The molecule has 3 nitrogen and oxygen atoms in total. The Kier molecular flexibility index (Phi) is 7.66. The van der Waals surface area contributed by atoms with E-state index in [0.29, 0.717) is 18.2 Å². The molecule has 2 aromatic rings. The highest BCUT2D eigenvalue weighted by molar-refractivity contribution is 8.00. The maximum atomic E-state index is 12.3. The first-order valence-corrected chi connectivity index (χ1v) is 9.65. The molecule has 0 aliphatic carbocycles. The predicted octanol–water partition coefficient (Wildman–Crippen LogP) is 5.02. The quantitative estimate of drug-likeness (QED) is 0.518. The summed E-state index contributed by atoms with van der Waals surface area (Å²) < 4.78 is 5.70. The second-order valence-corrected chi connectivity index (χ2v) is 7.57. The zero-order valence-electron chi connectivity index (χ0n) is 14.8. The summed E-state index contributed by atoms with van der Waals surface area (Å²) in [5.41, 5.74) is 2.44. The van der Waals surface area contributed by atoms with Crippen LogP contribution in [0.25, 0.3) is 0 Å². The lowest BCUT2D eigenvalue weighted by Gasteiger charge is -2.15. The molecule has 134 valence electrons. The molecule has 1 unspecified atom stereocenters. The van der Waals surface area contributed by atoms with Gasteiger partial charge in [-0.2, -0.15) is 0 Å². The molecule has 0 saturated heterocycles. The molecular weight excluding hydrogens is 354 g/mol. The van der Waals surface area contributed by atoms with Crippen LogP contribution in [-0.4, -0.2) is 24.3 Å². The van der Waals surface area contributed by atoms with E-state index in [0.717, 1.165) is 17.1 Å². The summed E-state index contributed by atoms with van der Waals surface area (Å²) in [6, 6.07) is 13.6. The Balaban J connectivity index is 1.77. The lowest BCUT2D eigenvalue weighted by atomic mass is 10.1. The number of halogens is 1. The summed E-state index contributed by atoms with van der Waals surface area (Å²) in [7, 11) is 0. The molecule has 0 bridgehead atoms. The zero-order chi connectivity index (χ0) is 18.2. The molecule has 0 aliphatic rings. The molecule has 0 aromatic heterocycles. The Bertz CT molecular complexity index is 703. The van der Waals surface area contributed by atoms with Gasteiger partial charge in [0.1, 0.15) is 12.4 Å². The van der Waals surface area contributed by atoms with Crippen molar-refractivity contribution in [3.05, 3.63) is 58.6 Å². The minimum Gasteiger partial charge on any atom is -0.492 e. The van der Waals surface area contributed by atoms with Crippen LogP contribution in [-0.2, 0) is 4.79 Å². The topological polar surface area (TPSA) is 38.3 Å². The number of carbonyl (C=O) groups excluding carboxylic acids is 1. The minimum absolute atomic E-state index is 0.0335. The molecule has 1 atom stereocenters. The van der Waals surface area contributed by atoms with E-state index in [4.69, 9.17) is 16.3 Å². The average molecular weight is 378 g/mol. The van der Waals surface area contributed by atoms with Crippen molar-refractivity contribution in [1.82, 2.24) is 5.32 Å². The van der Waals surface area contributed by atoms with Crippen molar-refractivity contribution in [2.45, 2.75) is 37.3 Å². The molecule has 5 heteroatoms. The zero-order valence-corrected chi connectivity index (χ0v) is 16.4. The predicted molar refractivity (Wildman–Crippen MR) is 106 cm³/mol. The minimum atomic E-state index is -0.122. The van der Waals surface area contributed by atoms with Crippen LogP contribution in [0.3, 0.4) is 0 Å². The first-order chi connectivity index (χ1) is 12.0. The number of carbonyl (C=O) groups is 1. The van der Waals surface area contributed by atoms with Crippen molar-refractivity contribution in [3.63, 3.8) is 0 Å². The van der Waals surface area contributed by atoms with E-state index in [9.17, 15) is 4.79 Å². The van der Waals surface area contributed by atoms with Crippen LogP contribution in [0.5, 0.6) is 5.75 Å². The van der Waals surface area contributed by atoms with Gasteiger partial charge in [-0.25, -0.2) is 0 Å². The first kappa shape index (κ1) is 19.7. The van der Waals surface area contributed by atoms with Crippen molar-refractivity contribution in [3.8, 4) is 5.75 Å². The van der Waals surface area contributed by atoms with Gasteiger partial charge in [-0.05, 0) is 67.8 Å². The summed E-state index contributed by atoms with van der Waals surface area (Å²) in [5, 5.41) is 3.53. The first-order valence-electron chi connectivity index (χ1n) is 8.39. The molecule has 0 radical (unpaired) electrons. The van der Waals surface area contributed by atoms with E-state index in [2.05, 4.69) is 19.2 Å². The van der Waals surface area contributed by atoms with E-state index in [-0.39, 0.29) is 11.2 Å². The van der Waals surface area contributed by atoms with Crippen LogP contribution in [0, 0.1) is 13.8 Å². The smallest absolute Gasteiger partial charge is 0.233 e. The maximum absolute atomic E-state index is 12.3. The maximum Gasteiger partial charge on any atom is 0.233 e. The van der Waals surface area contributed by atoms with Crippen LogP contribution < -0.4 is 10.1 Å². The number of rotatable bonds is 8.